The summed E-state index contributed by atoms with van der Waals surface area (Å²) in [7, 11) is -2.40. The molecule has 184 valence electrons. The topological polar surface area (TPSA) is 102 Å². The minimum atomic E-state index is -3.92. The van der Waals surface area contributed by atoms with Gasteiger partial charge in [-0.25, -0.2) is 13.2 Å². The number of sulfonamides is 1. The number of fused-ring (bicyclic) bond motifs is 2. The molecule has 0 bridgehead atoms. The van der Waals surface area contributed by atoms with Crippen LogP contribution in [0, 0.1) is 0 Å². The van der Waals surface area contributed by atoms with Crippen LogP contribution in [0.25, 0.3) is 10.9 Å². The first kappa shape index (κ1) is 23.3. The standard InChI is InChI=1S/C25H28N4O5S/c1-26-22-11-10-19(35(33,34)29-15-12-18-8-4-5-9-21(18)29)16-20(22)24(31)28(25(26)32)17-23(30)27-13-6-2-3-7-14-27/h4-5,8-11,16H,2-3,6-7,12-15,17H2,1H3. The van der Waals surface area contributed by atoms with Gasteiger partial charge in [0.15, 0.2) is 0 Å². The molecule has 35 heavy (non-hydrogen) atoms. The summed E-state index contributed by atoms with van der Waals surface area (Å²) in [4.78, 5) is 40.9. The number of anilines is 1. The van der Waals surface area contributed by atoms with E-state index in [1.165, 1.54) is 34.1 Å². The van der Waals surface area contributed by atoms with Crippen molar-refractivity contribution in [3.63, 3.8) is 0 Å². The van der Waals surface area contributed by atoms with E-state index in [9.17, 15) is 22.8 Å². The van der Waals surface area contributed by atoms with Gasteiger partial charge in [0.25, 0.3) is 15.6 Å². The van der Waals surface area contributed by atoms with E-state index in [2.05, 4.69) is 0 Å². The van der Waals surface area contributed by atoms with Crippen LogP contribution in [0.1, 0.15) is 31.2 Å². The monoisotopic (exact) mass is 496 g/mol. The first-order chi connectivity index (χ1) is 16.8. The van der Waals surface area contributed by atoms with Crippen LogP contribution in [0.2, 0.25) is 0 Å². The molecule has 0 N–H and O–H groups in total. The lowest BCUT2D eigenvalue weighted by molar-refractivity contribution is -0.131. The van der Waals surface area contributed by atoms with Crippen LogP contribution in [-0.4, -0.2) is 48.0 Å². The van der Waals surface area contributed by atoms with E-state index in [-0.39, 0.29) is 22.7 Å². The first-order valence-corrected chi connectivity index (χ1v) is 13.3. The molecule has 9 nitrogen and oxygen atoms in total. The van der Waals surface area contributed by atoms with E-state index in [1.807, 2.05) is 12.1 Å². The molecule has 0 aliphatic carbocycles. The molecule has 1 saturated heterocycles. The lowest BCUT2D eigenvalue weighted by atomic mass is 10.2. The van der Waals surface area contributed by atoms with Crippen LogP contribution in [0.15, 0.2) is 56.9 Å². The Bertz CT molecular complexity index is 1530. The van der Waals surface area contributed by atoms with Crippen LogP contribution >= 0.6 is 0 Å². The zero-order valence-electron chi connectivity index (χ0n) is 19.6. The summed E-state index contributed by atoms with van der Waals surface area (Å²) in [5.41, 5.74) is 0.640. The third-order valence-electron chi connectivity index (χ3n) is 7.01. The van der Waals surface area contributed by atoms with Crippen molar-refractivity contribution < 1.29 is 13.2 Å². The molecule has 0 spiro atoms. The molecule has 0 atom stereocenters. The fourth-order valence-corrected chi connectivity index (χ4v) is 6.57. The molecule has 3 aromatic rings. The van der Waals surface area contributed by atoms with E-state index in [0.29, 0.717) is 37.3 Å². The Morgan fingerprint density at radius 3 is 2.40 bits per heavy atom. The molecule has 1 aromatic heterocycles. The van der Waals surface area contributed by atoms with E-state index in [4.69, 9.17) is 0 Å². The molecule has 0 saturated carbocycles. The Kier molecular flexibility index (Phi) is 6.00. The lowest BCUT2D eigenvalue weighted by Crippen LogP contribution is -2.44. The van der Waals surface area contributed by atoms with Gasteiger partial charge in [-0.3, -0.25) is 23.0 Å². The van der Waals surface area contributed by atoms with Gasteiger partial charge in [0.05, 0.1) is 21.5 Å². The molecule has 1 fully saturated rings. The molecule has 3 heterocycles. The Morgan fingerprint density at radius 1 is 0.943 bits per heavy atom. The third kappa shape index (κ3) is 4.05. The van der Waals surface area contributed by atoms with Crippen LogP contribution in [0.4, 0.5) is 5.69 Å². The lowest BCUT2D eigenvalue weighted by Gasteiger charge is -2.21. The smallest absolute Gasteiger partial charge is 0.331 e. The van der Waals surface area contributed by atoms with Crippen molar-refractivity contribution in [3.05, 3.63) is 68.9 Å². The van der Waals surface area contributed by atoms with Crippen LogP contribution < -0.4 is 15.6 Å². The number of nitrogens with zero attached hydrogens (tertiary/aromatic N) is 4. The highest BCUT2D eigenvalue weighted by atomic mass is 32.2. The molecule has 2 aliphatic rings. The summed E-state index contributed by atoms with van der Waals surface area (Å²) in [5.74, 6) is -0.275. The molecule has 5 rings (SSSR count). The van der Waals surface area contributed by atoms with Crippen molar-refractivity contribution >= 4 is 32.5 Å². The largest absolute Gasteiger partial charge is 0.341 e. The number of hydrogen-bond donors (Lipinski definition) is 0. The van der Waals surface area contributed by atoms with Gasteiger partial charge in [0, 0.05) is 26.7 Å². The highest BCUT2D eigenvalue weighted by Crippen LogP contribution is 2.33. The number of para-hydroxylation sites is 1. The Morgan fingerprint density at radius 2 is 1.66 bits per heavy atom. The number of aromatic nitrogens is 2. The Hall–Kier alpha value is -3.40. The van der Waals surface area contributed by atoms with Crippen molar-refractivity contribution in [2.75, 3.05) is 23.9 Å². The Labute approximate surface area is 203 Å². The maximum Gasteiger partial charge on any atom is 0.331 e. The second-order valence-corrected chi connectivity index (χ2v) is 11.0. The zero-order chi connectivity index (χ0) is 24.7. The SMILES string of the molecule is Cn1c(=O)n(CC(=O)N2CCCCCC2)c(=O)c2cc(S(=O)(=O)N3CCc4ccccc43)ccc21. The van der Waals surface area contributed by atoms with Crippen molar-refractivity contribution in [2.45, 2.75) is 43.5 Å². The van der Waals surface area contributed by atoms with Gasteiger partial charge in [-0.05, 0) is 49.1 Å². The molecule has 10 heteroatoms. The van der Waals surface area contributed by atoms with Gasteiger partial charge < -0.3 is 4.90 Å². The maximum atomic E-state index is 13.5. The van der Waals surface area contributed by atoms with Gasteiger partial charge in [-0.2, -0.15) is 0 Å². The number of amides is 1. The minimum absolute atomic E-state index is 0.0251. The molecule has 2 aromatic carbocycles. The average Bonchev–Trinajstić information content (AvgIpc) is 3.11. The minimum Gasteiger partial charge on any atom is -0.341 e. The molecule has 1 amide bonds. The van der Waals surface area contributed by atoms with Crippen LogP contribution in [0.3, 0.4) is 0 Å². The van der Waals surface area contributed by atoms with E-state index in [1.54, 1.807) is 17.0 Å². The van der Waals surface area contributed by atoms with Gasteiger partial charge in [0.1, 0.15) is 6.54 Å². The molecule has 0 unspecified atom stereocenters. The normalized spacial score (nSPS) is 16.4. The molecular formula is C25H28N4O5S. The number of likely N-dealkylation sites (tertiary alicyclic amines) is 1. The number of benzene rings is 2. The van der Waals surface area contributed by atoms with E-state index in [0.717, 1.165) is 35.8 Å². The van der Waals surface area contributed by atoms with E-state index < -0.39 is 21.3 Å². The zero-order valence-corrected chi connectivity index (χ0v) is 20.5. The van der Waals surface area contributed by atoms with Crippen molar-refractivity contribution in [1.82, 2.24) is 14.0 Å². The first-order valence-electron chi connectivity index (χ1n) is 11.9. The van der Waals surface area contributed by atoms with Gasteiger partial charge in [0.2, 0.25) is 5.91 Å². The summed E-state index contributed by atoms with van der Waals surface area (Å²) in [6.45, 7) is 1.18. The summed E-state index contributed by atoms with van der Waals surface area (Å²) in [6, 6.07) is 11.6. The highest BCUT2D eigenvalue weighted by molar-refractivity contribution is 7.92. The van der Waals surface area contributed by atoms with Gasteiger partial charge in [-0.15, -0.1) is 0 Å². The molecular weight excluding hydrogens is 468 g/mol. The quantitative estimate of drug-likeness (QED) is 0.549. The molecule has 0 radical (unpaired) electrons. The predicted molar refractivity (Wildman–Crippen MR) is 133 cm³/mol. The van der Waals surface area contributed by atoms with Gasteiger partial charge in [-0.1, -0.05) is 31.0 Å². The fourth-order valence-electron chi connectivity index (χ4n) is 5.04. The summed E-state index contributed by atoms with van der Waals surface area (Å²) < 4.78 is 30.5. The number of hydrogen-bond acceptors (Lipinski definition) is 5. The second kappa shape index (κ2) is 8.99. The van der Waals surface area contributed by atoms with Gasteiger partial charge >= 0.3 is 5.69 Å². The summed E-state index contributed by atoms with van der Waals surface area (Å²) >= 11 is 0. The second-order valence-electron chi connectivity index (χ2n) is 9.16. The average molecular weight is 497 g/mol. The number of aryl methyl sites for hydroxylation is 1. The summed E-state index contributed by atoms with van der Waals surface area (Å²) in [5, 5.41) is 0.0873. The third-order valence-corrected chi connectivity index (χ3v) is 8.82. The fraction of sp³-hybridized carbons (Fsp3) is 0.400. The van der Waals surface area contributed by atoms with Crippen molar-refractivity contribution in [1.29, 1.82) is 0 Å². The number of carbonyl (C=O) groups excluding carboxylic acids is 1. The number of carbonyl (C=O) groups is 1. The van der Waals surface area contributed by atoms with E-state index >= 15 is 0 Å². The summed E-state index contributed by atoms with van der Waals surface area (Å²) in [6.07, 6.45) is 4.53. The van der Waals surface area contributed by atoms with Crippen LogP contribution in [-0.2, 0) is 34.8 Å². The van der Waals surface area contributed by atoms with Crippen molar-refractivity contribution in [2.24, 2.45) is 7.05 Å². The Balaban J connectivity index is 1.55. The maximum absolute atomic E-state index is 13.5. The van der Waals surface area contributed by atoms with Crippen molar-refractivity contribution in [3.8, 4) is 0 Å². The highest BCUT2D eigenvalue weighted by Gasteiger charge is 2.31. The number of rotatable bonds is 4. The van der Waals surface area contributed by atoms with Crippen LogP contribution in [0.5, 0.6) is 0 Å². The predicted octanol–water partition coefficient (Wildman–Crippen LogP) is 1.85. The molecule has 2 aliphatic heterocycles.